The van der Waals surface area contributed by atoms with Gasteiger partial charge in [-0.1, -0.05) is 6.08 Å². The number of halogens is 1. The minimum Gasteiger partial charge on any atom is -0.374 e. The molecule has 0 N–H and O–H groups in total. The second-order valence-corrected chi connectivity index (χ2v) is 2.59. The van der Waals surface area contributed by atoms with Gasteiger partial charge in [0.15, 0.2) is 0 Å². The van der Waals surface area contributed by atoms with Gasteiger partial charge in [0.25, 0.3) is 0 Å². The molecule has 2 rings (SSSR count). The standard InChI is InChI=1S/C8H4FNO3/c9-4-1-2-5-6(3-4)10-8(12)13-7(5)11/h1-3,5H. The molecule has 0 spiro atoms. The van der Waals surface area contributed by atoms with E-state index in [9.17, 15) is 14.0 Å². The minimum atomic E-state index is -0.990. The molecule has 1 heterocycles. The molecule has 1 amide bonds. The molecule has 2 aliphatic rings. The van der Waals surface area contributed by atoms with Gasteiger partial charge in [-0.15, -0.1) is 0 Å². The van der Waals surface area contributed by atoms with E-state index in [1.807, 2.05) is 0 Å². The number of cyclic esters (lactones) is 2. The molecule has 0 aromatic rings. The van der Waals surface area contributed by atoms with Crippen molar-refractivity contribution in [2.45, 2.75) is 0 Å². The molecule has 0 radical (unpaired) electrons. The molecule has 1 aliphatic carbocycles. The van der Waals surface area contributed by atoms with Crippen molar-refractivity contribution in [1.82, 2.24) is 0 Å². The summed E-state index contributed by atoms with van der Waals surface area (Å²) in [6, 6.07) is 0. The number of nitrogens with zero attached hydrogens (tertiary/aromatic N) is 1. The Hall–Kier alpha value is -1.78. The Bertz CT molecular complexity index is 381. The third kappa shape index (κ3) is 1.28. The summed E-state index contributed by atoms with van der Waals surface area (Å²) in [6.45, 7) is 0. The average Bonchev–Trinajstić information content (AvgIpc) is 2.02. The van der Waals surface area contributed by atoms with E-state index in [0.717, 1.165) is 12.2 Å². The Morgan fingerprint density at radius 3 is 3.00 bits per heavy atom. The quantitative estimate of drug-likeness (QED) is 0.416. The molecule has 0 saturated carbocycles. The Morgan fingerprint density at radius 1 is 1.46 bits per heavy atom. The molecule has 0 bridgehead atoms. The normalized spacial score (nSPS) is 26.1. The summed E-state index contributed by atoms with van der Waals surface area (Å²) in [5, 5.41) is 0. The zero-order valence-corrected chi connectivity index (χ0v) is 6.36. The van der Waals surface area contributed by atoms with Crippen LogP contribution in [0.2, 0.25) is 0 Å². The van der Waals surface area contributed by atoms with Crippen LogP contribution in [0, 0.1) is 5.92 Å². The molecule has 66 valence electrons. The predicted molar refractivity (Wildman–Crippen MR) is 40.7 cm³/mol. The third-order valence-electron chi connectivity index (χ3n) is 1.71. The molecule has 13 heavy (non-hydrogen) atoms. The molecular formula is C8H4FNO3. The zero-order chi connectivity index (χ0) is 9.42. The van der Waals surface area contributed by atoms with Crippen LogP contribution in [-0.2, 0) is 9.53 Å². The van der Waals surface area contributed by atoms with E-state index in [0.29, 0.717) is 0 Å². The van der Waals surface area contributed by atoms with E-state index in [2.05, 4.69) is 9.73 Å². The average molecular weight is 181 g/mol. The smallest absolute Gasteiger partial charge is 0.374 e. The molecule has 1 aliphatic heterocycles. The Balaban J connectivity index is 2.44. The summed E-state index contributed by atoms with van der Waals surface area (Å²) >= 11 is 0. The summed E-state index contributed by atoms with van der Waals surface area (Å²) < 4.78 is 16.9. The Labute approximate surface area is 72.4 Å². The van der Waals surface area contributed by atoms with Gasteiger partial charge in [0.2, 0.25) is 0 Å². The number of allylic oxidation sites excluding steroid dienone is 3. The number of aliphatic imine (C=N–C) groups is 1. The molecule has 0 aromatic heterocycles. The zero-order valence-electron chi connectivity index (χ0n) is 6.36. The molecule has 1 atom stereocenters. The van der Waals surface area contributed by atoms with Gasteiger partial charge in [-0.2, -0.15) is 4.99 Å². The van der Waals surface area contributed by atoms with E-state index in [1.54, 1.807) is 0 Å². The van der Waals surface area contributed by atoms with Crippen LogP contribution in [0.25, 0.3) is 0 Å². The van der Waals surface area contributed by atoms with Crippen molar-refractivity contribution in [1.29, 1.82) is 0 Å². The van der Waals surface area contributed by atoms with Crippen molar-refractivity contribution in [2.75, 3.05) is 0 Å². The van der Waals surface area contributed by atoms with E-state index in [-0.39, 0.29) is 5.71 Å². The lowest BCUT2D eigenvalue weighted by atomic mass is 9.97. The number of fused-ring (bicyclic) bond motifs is 1. The van der Waals surface area contributed by atoms with Gasteiger partial charge in [-0.3, -0.25) is 4.79 Å². The fourth-order valence-corrected chi connectivity index (χ4v) is 1.14. The lowest BCUT2D eigenvalue weighted by Crippen LogP contribution is -2.31. The van der Waals surface area contributed by atoms with Crippen LogP contribution in [0.3, 0.4) is 0 Å². The van der Waals surface area contributed by atoms with Gasteiger partial charge >= 0.3 is 12.1 Å². The first-order chi connectivity index (χ1) is 6.16. The summed E-state index contributed by atoms with van der Waals surface area (Å²) in [4.78, 5) is 25.0. The van der Waals surface area contributed by atoms with Crippen LogP contribution in [0.5, 0.6) is 0 Å². The lowest BCUT2D eigenvalue weighted by Gasteiger charge is -2.17. The lowest BCUT2D eigenvalue weighted by molar-refractivity contribution is -0.138. The van der Waals surface area contributed by atoms with E-state index in [4.69, 9.17) is 0 Å². The van der Waals surface area contributed by atoms with Crippen LogP contribution in [0.4, 0.5) is 9.18 Å². The summed E-state index contributed by atoms with van der Waals surface area (Å²) in [5.41, 5.74) is 0.0984. The van der Waals surface area contributed by atoms with Crippen molar-refractivity contribution < 1.29 is 18.7 Å². The number of carbonyl (C=O) groups excluding carboxylic acids is 2. The largest absolute Gasteiger partial charge is 0.441 e. The predicted octanol–water partition coefficient (Wildman–Crippen LogP) is 1.14. The summed E-state index contributed by atoms with van der Waals surface area (Å²) in [7, 11) is 0. The molecule has 0 saturated heterocycles. The van der Waals surface area contributed by atoms with Gasteiger partial charge in [0.05, 0.1) is 5.71 Å². The van der Waals surface area contributed by atoms with Crippen molar-refractivity contribution >= 4 is 17.8 Å². The summed E-state index contributed by atoms with van der Waals surface area (Å²) in [5.74, 6) is -1.98. The van der Waals surface area contributed by atoms with Gasteiger partial charge in [0, 0.05) is 0 Å². The summed E-state index contributed by atoms with van der Waals surface area (Å²) in [6.07, 6.45) is 2.50. The van der Waals surface area contributed by atoms with Crippen molar-refractivity contribution in [3.63, 3.8) is 0 Å². The van der Waals surface area contributed by atoms with Crippen LogP contribution >= 0.6 is 0 Å². The van der Waals surface area contributed by atoms with Gasteiger partial charge in [-0.25, -0.2) is 9.18 Å². The first-order valence-corrected chi connectivity index (χ1v) is 3.56. The fraction of sp³-hybridized carbons (Fsp3) is 0.125. The SMILES string of the molecule is O=C1N=C2C=C(F)C=CC2C(=O)O1. The maximum Gasteiger partial charge on any atom is 0.441 e. The third-order valence-corrected chi connectivity index (χ3v) is 1.71. The van der Waals surface area contributed by atoms with Crippen LogP contribution in [-0.4, -0.2) is 17.8 Å². The number of amides is 1. The van der Waals surface area contributed by atoms with Crippen LogP contribution < -0.4 is 0 Å². The number of esters is 1. The number of ether oxygens (including phenoxy) is 1. The first kappa shape index (κ1) is 7.85. The van der Waals surface area contributed by atoms with E-state index >= 15 is 0 Å². The van der Waals surface area contributed by atoms with E-state index < -0.39 is 23.8 Å². The number of hydrogen-bond acceptors (Lipinski definition) is 3. The van der Waals surface area contributed by atoms with E-state index in [1.165, 1.54) is 6.08 Å². The molecule has 0 fully saturated rings. The monoisotopic (exact) mass is 181 g/mol. The van der Waals surface area contributed by atoms with Crippen molar-refractivity contribution in [3.05, 3.63) is 24.1 Å². The Kier molecular flexibility index (Phi) is 1.58. The molecule has 5 heteroatoms. The first-order valence-electron chi connectivity index (χ1n) is 3.56. The van der Waals surface area contributed by atoms with Crippen LogP contribution in [0.15, 0.2) is 29.0 Å². The minimum absolute atomic E-state index is 0.0984. The van der Waals surface area contributed by atoms with Crippen molar-refractivity contribution in [3.8, 4) is 0 Å². The second kappa shape index (κ2) is 2.62. The number of carbonyl (C=O) groups is 2. The molecule has 1 unspecified atom stereocenters. The highest BCUT2D eigenvalue weighted by Gasteiger charge is 2.31. The topological polar surface area (TPSA) is 55.7 Å². The van der Waals surface area contributed by atoms with Gasteiger partial charge in [-0.05, 0) is 12.2 Å². The molecular weight excluding hydrogens is 177 g/mol. The Morgan fingerprint density at radius 2 is 2.23 bits per heavy atom. The highest BCUT2D eigenvalue weighted by molar-refractivity contribution is 6.18. The van der Waals surface area contributed by atoms with Gasteiger partial charge in [0.1, 0.15) is 11.7 Å². The van der Waals surface area contributed by atoms with Gasteiger partial charge < -0.3 is 4.74 Å². The highest BCUT2D eigenvalue weighted by Crippen LogP contribution is 2.20. The number of hydrogen-bond donors (Lipinski definition) is 0. The maximum atomic E-state index is 12.6. The molecule has 0 aromatic carbocycles. The fourth-order valence-electron chi connectivity index (χ4n) is 1.14. The van der Waals surface area contributed by atoms with Crippen molar-refractivity contribution in [2.24, 2.45) is 10.9 Å². The number of rotatable bonds is 0. The second-order valence-electron chi connectivity index (χ2n) is 2.59. The molecule has 4 nitrogen and oxygen atoms in total. The van der Waals surface area contributed by atoms with Crippen LogP contribution in [0.1, 0.15) is 0 Å². The maximum absolute atomic E-state index is 12.6. The highest BCUT2D eigenvalue weighted by atomic mass is 19.1.